The number of carbonyl (C=O) groups excluding carboxylic acids is 2. The second-order valence-electron chi connectivity index (χ2n) is 5.71. The van der Waals surface area contributed by atoms with E-state index in [9.17, 15) is 9.59 Å². The first-order chi connectivity index (χ1) is 6.88. The first-order valence-electron chi connectivity index (χ1n) is 5.49. The third-order valence-corrected chi connectivity index (χ3v) is 3.68. The molecule has 3 amide bonds. The first kappa shape index (κ1) is 10.5. The fourth-order valence-corrected chi connectivity index (χ4v) is 2.60. The number of fused-ring (bicyclic) bond motifs is 1. The second kappa shape index (κ2) is 3.22. The highest BCUT2D eigenvalue weighted by Crippen LogP contribution is 2.42. The molecular formula is C11H18N2O2. The SMILES string of the molecule is CC(C)(C)[C@H]1C[C@@H]2C(=O)NC(=O)N[C@@H]2C1. The van der Waals surface area contributed by atoms with Crippen molar-refractivity contribution in [3.05, 3.63) is 0 Å². The fraction of sp³-hybridized carbons (Fsp3) is 0.818. The van der Waals surface area contributed by atoms with Crippen molar-refractivity contribution in [1.82, 2.24) is 10.6 Å². The lowest BCUT2D eigenvalue weighted by atomic mass is 9.79. The van der Waals surface area contributed by atoms with Gasteiger partial charge in [-0.15, -0.1) is 0 Å². The molecule has 1 aliphatic heterocycles. The predicted molar refractivity (Wildman–Crippen MR) is 56.1 cm³/mol. The van der Waals surface area contributed by atoms with Gasteiger partial charge in [0.05, 0.1) is 5.92 Å². The van der Waals surface area contributed by atoms with Gasteiger partial charge in [0.2, 0.25) is 5.91 Å². The monoisotopic (exact) mass is 210 g/mol. The van der Waals surface area contributed by atoms with Crippen LogP contribution in [-0.4, -0.2) is 18.0 Å². The minimum absolute atomic E-state index is 0.0214. The van der Waals surface area contributed by atoms with Crippen molar-refractivity contribution in [3.63, 3.8) is 0 Å². The quantitative estimate of drug-likeness (QED) is 0.632. The second-order valence-corrected chi connectivity index (χ2v) is 5.71. The smallest absolute Gasteiger partial charge is 0.321 e. The summed E-state index contributed by atoms with van der Waals surface area (Å²) in [5.41, 5.74) is 0.211. The summed E-state index contributed by atoms with van der Waals surface area (Å²) in [6.07, 6.45) is 1.81. The molecular weight excluding hydrogens is 192 g/mol. The van der Waals surface area contributed by atoms with Crippen LogP contribution in [0.15, 0.2) is 0 Å². The van der Waals surface area contributed by atoms with Crippen molar-refractivity contribution in [2.45, 2.75) is 39.7 Å². The van der Waals surface area contributed by atoms with E-state index in [4.69, 9.17) is 0 Å². The van der Waals surface area contributed by atoms with Crippen LogP contribution in [0, 0.1) is 17.3 Å². The number of urea groups is 1. The van der Waals surface area contributed by atoms with Crippen LogP contribution in [0.1, 0.15) is 33.6 Å². The van der Waals surface area contributed by atoms with Crippen LogP contribution in [0.25, 0.3) is 0 Å². The molecule has 1 heterocycles. The minimum atomic E-state index is -0.337. The van der Waals surface area contributed by atoms with E-state index in [2.05, 4.69) is 31.4 Å². The largest absolute Gasteiger partial charge is 0.334 e. The Hall–Kier alpha value is -1.06. The molecule has 0 unspecified atom stereocenters. The minimum Gasteiger partial charge on any atom is -0.334 e. The average Bonchev–Trinajstić information content (AvgIpc) is 2.46. The molecule has 15 heavy (non-hydrogen) atoms. The Morgan fingerprint density at radius 1 is 1.20 bits per heavy atom. The summed E-state index contributed by atoms with van der Waals surface area (Å²) < 4.78 is 0. The molecule has 1 saturated heterocycles. The zero-order chi connectivity index (χ0) is 11.2. The predicted octanol–water partition coefficient (Wildman–Crippen LogP) is 1.27. The molecule has 0 bridgehead atoms. The van der Waals surface area contributed by atoms with E-state index < -0.39 is 0 Å². The van der Waals surface area contributed by atoms with Crippen molar-refractivity contribution in [2.24, 2.45) is 17.3 Å². The van der Waals surface area contributed by atoms with E-state index >= 15 is 0 Å². The number of hydrogen-bond acceptors (Lipinski definition) is 2. The van der Waals surface area contributed by atoms with E-state index in [0.29, 0.717) is 5.92 Å². The van der Waals surface area contributed by atoms with Crippen molar-refractivity contribution < 1.29 is 9.59 Å². The molecule has 2 rings (SSSR count). The summed E-state index contributed by atoms with van der Waals surface area (Å²) in [5.74, 6) is 0.388. The van der Waals surface area contributed by atoms with Crippen LogP contribution in [0.4, 0.5) is 4.79 Å². The zero-order valence-electron chi connectivity index (χ0n) is 9.46. The lowest BCUT2D eigenvalue weighted by molar-refractivity contribution is -0.125. The molecule has 2 fully saturated rings. The van der Waals surface area contributed by atoms with Gasteiger partial charge in [-0.3, -0.25) is 10.1 Å². The topological polar surface area (TPSA) is 58.2 Å². The van der Waals surface area contributed by atoms with Gasteiger partial charge in [-0.25, -0.2) is 4.79 Å². The molecule has 3 atom stereocenters. The number of carbonyl (C=O) groups is 2. The van der Waals surface area contributed by atoms with E-state index in [1.807, 2.05) is 0 Å². The van der Waals surface area contributed by atoms with Gasteiger partial charge in [-0.2, -0.15) is 0 Å². The number of amides is 3. The van der Waals surface area contributed by atoms with Crippen molar-refractivity contribution >= 4 is 11.9 Å². The number of imide groups is 1. The molecule has 2 aliphatic rings. The van der Waals surface area contributed by atoms with Crippen LogP contribution in [0.3, 0.4) is 0 Å². The lowest BCUT2D eigenvalue weighted by Crippen LogP contribution is -2.56. The zero-order valence-corrected chi connectivity index (χ0v) is 9.46. The molecule has 4 nitrogen and oxygen atoms in total. The Balaban J connectivity index is 2.12. The maximum atomic E-state index is 11.6. The Labute approximate surface area is 89.8 Å². The van der Waals surface area contributed by atoms with Crippen LogP contribution in [-0.2, 0) is 4.79 Å². The maximum Gasteiger partial charge on any atom is 0.321 e. The highest BCUT2D eigenvalue weighted by atomic mass is 16.2. The van der Waals surface area contributed by atoms with Gasteiger partial charge >= 0.3 is 6.03 Å². The van der Waals surface area contributed by atoms with E-state index in [1.165, 1.54) is 0 Å². The summed E-state index contributed by atoms with van der Waals surface area (Å²) >= 11 is 0. The molecule has 2 N–H and O–H groups in total. The summed E-state index contributed by atoms with van der Waals surface area (Å²) in [4.78, 5) is 22.7. The van der Waals surface area contributed by atoms with Crippen LogP contribution >= 0.6 is 0 Å². The molecule has 84 valence electrons. The number of nitrogens with one attached hydrogen (secondary N) is 2. The van der Waals surface area contributed by atoms with Crippen LogP contribution in [0.5, 0.6) is 0 Å². The highest BCUT2D eigenvalue weighted by Gasteiger charge is 2.46. The van der Waals surface area contributed by atoms with Gasteiger partial charge in [-0.05, 0) is 24.2 Å². The van der Waals surface area contributed by atoms with E-state index in [0.717, 1.165) is 12.8 Å². The maximum absolute atomic E-state index is 11.6. The molecule has 4 heteroatoms. The normalized spacial score (nSPS) is 35.8. The third-order valence-electron chi connectivity index (χ3n) is 3.68. The van der Waals surface area contributed by atoms with Crippen LogP contribution in [0.2, 0.25) is 0 Å². The van der Waals surface area contributed by atoms with E-state index in [1.54, 1.807) is 0 Å². The third kappa shape index (κ3) is 1.85. The standard InChI is InChI=1S/C11H18N2O2/c1-11(2,3)6-4-7-8(5-6)12-10(15)13-9(7)14/h6-8H,4-5H2,1-3H3,(H2,12,13,14,15)/t6-,7-,8+/m0/s1. The average molecular weight is 210 g/mol. The van der Waals surface area contributed by atoms with Crippen molar-refractivity contribution in [1.29, 1.82) is 0 Å². The summed E-state index contributed by atoms with van der Waals surface area (Å²) in [5, 5.41) is 5.17. The molecule has 0 radical (unpaired) electrons. The lowest BCUT2D eigenvalue weighted by Gasteiger charge is -2.26. The molecule has 0 aromatic carbocycles. The molecule has 1 aliphatic carbocycles. The van der Waals surface area contributed by atoms with Gasteiger partial charge in [0.25, 0.3) is 0 Å². The molecule has 1 saturated carbocycles. The van der Waals surface area contributed by atoms with Gasteiger partial charge in [0.15, 0.2) is 0 Å². The first-order valence-corrected chi connectivity index (χ1v) is 5.49. The van der Waals surface area contributed by atoms with Crippen molar-refractivity contribution in [3.8, 4) is 0 Å². The molecule has 0 aromatic heterocycles. The Morgan fingerprint density at radius 3 is 2.47 bits per heavy atom. The molecule has 0 aromatic rings. The summed E-state index contributed by atoms with van der Waals surface area (Å²) in [6, 6.07) is -0.286. The Kier molecular flexibility index (Phi) is 2.24. The van der Waals surface area contributed by atoms with Gasteiger partial charge in [-0.1, -0.05) is 20.8 Å². The van der Waals surface area contributed by atoms with Gasteiger partial charge in [0.1, 0.15) is 0 Å². The molecule has 0 spiro atoms. The number of rotatable bonds is 0. The Morgan fingerprint density at radius 2 is 1.87 bits per heavy atom. The fourth-order valence-electron chi connectivity index (χ4n) is 2.60. The summed E-state index contributed by atoms with van der Waals surface area (Å²) in [6.45, 7) is 6.57. The van der Waals surface area contributed by atoms with Gasteiger partial charge in [0, 0.05) is 6.04 Å². The highest BCUT2D eigenvalue weighted by molar-refractivity contribution is 5.98. The number of hydrogen-bond donors (Lipinski definition) is 2. The van der Waals surface area contributed by atoms with E-state index in [-0.39, 0.29) is 29.3 Å². The summed E-state index contributed by atoms with van der Waals surface area (Å²) in [7, 11) is 0. The van der Waals surface area contributed by atoms with Crippen molar-refractivity contribution in [2.75, 3.05) is 0 Å². The van der Waals surface area contributed by atoms with Crippen LogP contribution < -0.4 is 10.6 Å². The Bertz CT molecular complexity index is 306. The van der Waals surface area contributed by atoms with Gasteiger partial charge < -0.3 is 5.32 Å².